The zero-order valence-corrected chi connectivity index (χ0v) is 17.5. The number of rotatable bonds is 9. The Labute approximate surface area is 174 Å². The fourth-order valence-electron chi connectivity index (χ4n) is 3.71. The van der Waals surface area contributed by atoms with Crippen LogP contribution >= 0.6 is 0 Å². The van der Waals surface area contributed by atoms with Crippen LogP contribution in [0.1, 0.15) is 43.7 Å². The van der Waals surface area contributed by atoms with Crippen molar-refractivity contribution >= 4 is 5.91 Å². The predicted octanol–water partition coefficient (Wildman–Crippen LogP) is 4.15. The lowest BCUT2D eigenvalue weighted by atomic mass is 10.1. The van der Waals surface area contributed by atoms with Crippen molar-refractivity contribution in [3.63, 3.8) is 0 Å². The molecule has 0 spiro atoms. The van der Waals surface area contributed by atoms with E-state index in [1.807, 2.05) is 31.2 Å². The Morgan fingerprint density at radius 1 is 1.03 bits per heavy atom. The molecule has 156 valence electrons. The maximum atomic E-state index is 12.7. The molecule has 1 fully saturated rings. The molecule has 1 saturated heterocycles. The Balaban J connectivity index is 1.55. The van der Waals surface area contributed by atoms with E-state index in [1.54, 1.807) is 7.11 Å². The normalized spacial score (nSPS) is 15.5. The molecule has 29 heavy (non-hydrogen) atoms. The highest BCUT2D eigenvalue weighted by Gasteiger charge is 2.20. The number of nitrogens with zero attached hydrogens (tertiary/aromatic N) is 1. The van der Waals surface area contributed by atoms with Crippen LogP contribution in [0.5, 0.6) is 11.5 Å². The van der Waals surface area contributed by atoms with Gasteiger partial charge >= 0.3 is 0 Å². The molecular formula is C24H32N2O3. The zero-order chi connectivity index (χ0) is 20.5. The average molecular weight is 397 g/mol. The van der Waals surface area contributed by atoms with Gasteiger partial charge in [-0.1, -0.05) is 49.7 Å². The van der Waals surface area contributed by atoms with Gasteiger partial charge in [-0.2, -0.15) is 0 Å². The van der Waals surface area contributed by atoms with Gasteiger partial charge in [-0.3, -0.25) is 9.69 Å². The predicted molar refractivity (Wildman–Crippen MR) is 115 cm³/mol. The van der Waals surface area contributed by atoms with Crippen LogP contribution in [-0.2, 0) is 17.9 Å². The molecule has 2 aromatic rings. The van der Waals surface area contributed by atoms with Crippen molar-refractivity contribution in [2.75, 3.05) is 20.2 Å². The van der Waals surface area contributed by atoms with Crippen LogP contribution < -0.4 is 14.8 Å². The van der Waals surface area contributed by atoms with E-state index in [0.29, 0.717) is 24.5 Å². The summed E-state index contributed by atoms with van der Waals surface area (Å²) in [6.07, 6.45) is 3.96. The Morgan fingerprint density at radius 2 is 1.76 bits per heavy atom. The number of carbonyl (C=O) groups excluding carboxylic acids is 1. The summed E-state index contributed by atoms with van der Waals surface area (Å²) < 4.78 is 11.2. The summed E-state index contributed by atoms with van der Waals surface area (Å²) in [6, 6.07) is 15.9. The standard InChI is InChI=1S/C24H32N2O3/c1-3-21(29-23-13-6-5-12-22(23)28-2)24(27)25-17-19-10-9-11-20(16-19)18-26-14-7-4-8-15-26/h5-6,9-13,16,21H,3-4,7-8,14-15,17-18H2,1-2H3,(H,25,27)/t21-/m1/s1. The maximum absolute atomic E-state index is 12.7. The molecule has 1 atom stereocenters. The Hall–Kier alpha value is -2.53. The van der Waals surface area contributed by atoms with Gasteiger partial charge in [0.05, 0.1) is 7.11 Å². The number of hydrogen-bond donors (Lipinski definition) is 1. The van der Waals surface area contributed by atoms with Gasteiger partial charge in [-0.15, -0.1) is 0 Å². The lowest BCUT2D eigenvalue weighted by Crippen LogP contribution is -2.37. The van der Waals surface area contributed by atoms with Crippen molar-refractivity contribution in [1.29, 1.82) is 0 Å². The third-order valence-corrected chi connectivity index (χ3v) is 5.31. The van der Waals surface area contributed by atoms with E-state index in [1.165, 1.54) is 37.9 Å². The van der Waals surface area contributed by atoms with E-state index in [2.05, 4.69) is 34.5 Å². The molecule has 1 heterocycles. The Morgan fingerprint density at radius 3 is 2.48 bits per heavy atom. The number of amides is 1. The molecule has 5 nitrogen and oxygen atoms in total. The number of ether oxygens (including phenoxy) is 2. The number of para-hydroxylation sites is 2. The molecule has 0 aromatic heterocycles. The molecule has 1 aliphatic heterocycles. The summed E-state index contributed by atoms with van der Waals surface area (Å²) >= 11 is 0. The summed E-state index contributed by atoms with van der Waals surface area (Å²) in [6.45, 7) is 5.78. The molecule has 5 heteroatoms. The first kappa shape index (κ1) is 21.2. The van der Waals surface area contributed by atoms with Gasteiger partial charge in [-0.25, -0.2) is 0 Å². The molecule has 2 aromatic carbocycles. The Bertz CT molecular complexity index is 787. The van der Waals surface area contributed by atoms with Gasteiger partial charge in [0.25, 0.3) is 5.91 Å². The minimum atomic E-state index is -0.553. The number of nitrogens with one attached hydrogen (secondary N) is 1. The topological polar surface area (TPSA) is 50.8 Å². The first-order valence-corrected chi connectivity index (χ1v) is 10.6. The fraction of sp³-hybridized carbons (Fsp3) is 0.458. The minimum absolute atomic E-state index is 0.111. The largest absolute Gasteiger partial charge is 0.493 e. The molecule has 0 bridgehead atoms. The number of carbonyl (C=O) groups is 1. The third kappa shape index (κ3) is 6.23. The van der Waals surface area contributed by atoms with Gasteiger partial charge in [0.2, 0.25) is 0 Å². The summed E-state index contributed by atoms with van der Waals surface area (Å²) in [5, 5.41) is 3.02. The van der Waals surface area contributed by atoms with Crippen LogP contribution in [0.3, 0.4) is 0 Å². The van der Waals surface area contributed by atoms with Crippen molar-refractivity contribution in [3.8, 4) is 11.5 Å². The summed E-state index contributed by atoms with van der Waals surface area (Å²) in [5.41, 5.74) is 2.41. The van der Waals surface area contributed by atoms with E-state index in [0.717, 1.165) is 12.1 Å². The number of benzene rings is 2. The fourth-order valence-corrected chi connectivity index (χ4v) is 3.71. The van der Waals surface area contributed by atoms with Crippen molar-refractivity contribution in [3.05, 3.63) is 59.7 Å². The van der Waals surface area contributed by atoms with Gasteiger partial charge in [0.1, 0.15) is 0 Å². The van der Waals surface area contributed by atoms with Gasteiger partial charge in [0, 0.05) is 13.1 Å². The minimum Gasteiger partial charge on any atom is -0.493 e. The van der Waals surface area contributed by atoms with Crippen LogP contribution in [0.2, 0.25) is 0 Å². The highest BCUT2D eigenvalue weighted by atomic mass is 16.5. The van der Waals surface area contributed by atoms with E-state index in [-0.39, 0.29) is 5.91 Å². The van der Waals surface area contributed by atoms with Gasteiger partial charge < -0.3 is 14.8 Å². The number of hydrogen-bond acceptors (Lipinski definition) is 4. The highest BCUT2D eigenvalue weighted by Crippen LogP contribution is 2.27. The van der Waals surface area contributed by atoms with Crippen molar-refractivity contribution in [2.45, 2.75) is 51.8 Å². The van der Waals surface area contributed by atoms with Crippen molar-refractivity contribution < 1.29 is 14.3 Å². The van der Waals surface area contributed by atoms with Gasteiger partial charge in [0.15, 0.2) is 17.6 Å². The van der Waals surface area contributed by atoms with E-state index in [4.69, 9.17) is 9.47 Å². The lowest BCUT2D eigenvalue weighted by Gasteiger charge is -2.26. The molecule has 1 amide bonds. The molecular weight excluding hydrogens is 364 g/mol. The number of piperidine rings is 1. The van der Waals surface area contributed by atoms with Crippen molar-refractivity contribution in [1.82, 2.24) is 10.2 Å². The van der Waals surface area contributed by atoms with Gasteiger partial charge in [-0.05, 0) is 55.6 Å². The second-order valence-electron chi connectivity index (χ2n) is 7.54. The molecule has 1 N–H and O–H groups in total. The van der Waals surface area contributed by atoms with Crippen LogP contribution in [0.25, 0.3) is 0 Å². The second-order valence-corrected chi connectivity index (χ2v) is 7.54. The quantitative estimate of drug-likeness (QED) is 0.692. The number of methoxy groups -OCH3 is 1. The molecule has 0 unspecified atom stereocenters. The van der Waals surface area contributed by atoms with Crippen LogP contribution in [0.4, 0.5) is 0 Å². The van der Waals surface area contributed by atoms with E-state index in [9.17, 15) is 4.79 Å². The Kier molecular flexibility index (Phi) is 7.94. The second kappa shape index (κ2) is 10.9. The summed E-state index contributed by atoms with van der Waals surface area (Å²) in [7, 11) is 1.60. The van der Waals surface area contributed by atoms with Crippen LogP contribution in [0, 0.1) is 0 Å². The number of likely N-dealkylation sites (tertiary alicyclic amines) is 1. The first-order valence-electron chi connectivity index (χ1n) is 10.6. The summed E-state index contributed by atoms with van der Waals surface area (Å²) in [5.74, 6) is 1.10. The van der Waals surface area contributed by atoms with E-state index >= 15 is 0 Å². The molecule has 0 aliphatic carbocycles. The molecule has 1 aliphatic rings. The molecule has 0 radical (unpaired) electrons. The SMILES string of the molecule is CC[C@@H](Oc1ccccc1OC)C(=O)NCc1cccc(CN2CCCCC2)c1. The molecule has 3 rings (SSSR count). The monoisotopic (exact) mass is 396 g/mol. The van der Waals surface area contributed by atoms with Crippen molar-refractivity contribution in [2.24, 2.45) is 0 Å². The third-order valence-electron chi connectivity index (χ3n) is 5.31. The summed E-state index contributed by atoms with van der Waals surface area (Å²) in [4.78, 5) is 15.2. The molecule has 0 saturated carbocycles. The van der Waals surface area contributed by atoms with Crippen LogP contribution in [-0.4, -0.2) is 37.1 Å². The first-order chi connectivity index (χ1) is 14.2. The lowest BCUT2D eigenvalue weighted by molar-refractivity contribution is -0.128. The maximum Gasteiger partial charge on any atom is 0.261 e. The van der Waals surface area contributed by atoms with E-state index < -0.39 is 6.10 Å². The average Bonchev–Trinajstić information content (AvgIpc) is 2.77. The smallest absolute Gasteiger partial charge is 0.261 e. The van der Waals surface area contributed by atoms with Crippen LogP contribution in [0.15, 0.2) is 48.5 Å². The highest BCUT2D eigenvalue weighted by molar-refractivity contribution is 5.81. The zero-order valence-electron chi connectivity index (χ0n) is 17.5.